The van der Waals surface area contributed by atoms with Crippen molar-refractivity contribution in [1.29, 1.82) is 0 Å². The number of amides is 1. The molecule has 1 aliphatic rings. The fraction of sp³-hybridized carbons (Fsp3) is 0.440. The zero-order valence-corrected chi connectivity index (χ0v) is 20.6. The number of piperidine rings is 1. The van der Waals surface area contributed by atoms with E-state index in [-0.39, 0.29) is 28.3 Å². The van der Waals surface area contributed by atoms with E-state index >= 15 is 0 Å². The highest BCUT2D eigenvalue weighted by Gasteiger charge is 2.31. The van der Waals surface area contributed by atoms with Crippen LogP contribution >= 0.6 is 0 Å². The number of aryl methyl sites for hydroxylation is 1. The molecule has 1 fully saturated rings. The van der Waals surface area contributed by atoms with Crippen LogP contribution in [0.4, 0.5) is 5.69 Å². The van der Waals surface area contributed by atoms with Crippen molar-refractivity contribution >= 4 is 32.7 Å². The molecule has 4 rings (SSSR count). The molecule has 34 heavy (non-hydrogen) atoms. The van der Waals surface area contributed by atoms with Crippen LogP contribution in [0.5, 0.6) is 0 Å². The molecule has 0 bridgehead atoms. The highest BCUT2D eigenvalue weighted by atomic mass is 32.2. The number of nitrogens with one attached hydrogen (secondary N) is 1. The number of benzene rings is 2. The molecule has 0 spiro atoms. The third-order valence-corrected chi connectivity index (χ3v) is 8.30. The zero-order valence-electron chi connectivity index (χ0n) is 19.8. The third kappa shape index (κ3) is 4.95. The summed E-state index contributed by atoms with van der Waals surface area (Å²) in [5.41, 5.74) is 2.79. The van der Waals surface area contributed by atoms with Crippen LogP contribution in [0.1, 0.15) is 51.6 Å². The minimum Gasteiger partial charge on any atom is -0.408 e. The Hall–Kier alpha value is -2.91. The Morgan fingerprint density at radius 1 is 1.15 bits per heavy atom. The quantitative estimate of drug-likeness (QED) is 0.541. The molecule has 2 aromatic carbocycles. The molecule has 3 aromatic rings. The number of carbonyl (C=O) groups excluding carboxylic acids is 1. The van der Waals surface area contributed by atoms with Crippen LogP contribution in [0.15, 0.2) is 56.6 Å². The van der Waals surface area contributed by atoms with Gasteiger partial charge in [0.1, 0.15) is 0 Å². The second-order valence-corrected chi connectivity index (χ2v) is 11.1. The minimum absolute atomic E-state index is 0.0512. The first kappa shape index (κ1) is 24.2. The topological polar surface area (TPSA) is 102 Å². The number of aromatic nitrogens is 1. The van der Waals surface area contributed by atoms with Gasteiger partial charge in [0.15, 0.2) is 5.58 Å². The number of sulfonamides is 1. The smallest absolute Gasteiger partial charge is 0.408 e. The van der Waals surface area contributed by atoms with Gasteiger partial charge in [0, 0.05) is 37.3 Å². The molecule has 1 N–H and O–H groups in total. The zero-order chi connectivity index (χ0) is 24.5. The summed E-state index contributed by atoms with van der Waals surface area (Å²) in [4.78, 5) is 24.7. The van der Waals surface area contributed by atoms with Crippen LogP contribution in [-0.4, -0.2) is 36.3 Å². The van der Waals surface area contributed by atoms with Gasteiger partial charge in [0.2, 0.25) is 15.9 Å². The van der Waals surface area contributed by atoms with Gasteiger partial charge in [0.25, 0.3) is 0 Å². The lowest BCUT2D eigenvalue weighted by molar-refractivity contribution is -0.117. The largest absolute Gasteiger partial charge is 0.420 e. The van der Waals surface area contributed by atoms with Gasteiger partial charge in [-0.15, -0.1) is 0 Å². The van der Waals surface area contributed by atoms with Crippen molar-refractivity contribution in [2.45, 2.75) is 57.4 Å². The van der Waals surface area contributed by atoms with Crippen LogP contribution < -0.4 is 11.1 Å². The highest BCUT2D eigenvalue weighted by Crippen LogP contribution is 2.28. The average Bonchev–Trinajstić information content (AvgIpc) is 3.14. The Bertz CT molecular complexity index is 1350. The van der Waals surface area contributed by atoms with E-state index in [2.05, 4.69) is 12.2 Å². The monoisotopic (exact) mass is 485 g/mol. The predicted octanol–water partition coefficient (Wildman–Crippen LogP) is 4.17. The number of oxazole rings is 1. The average molecular weight is 486 g/mol. The van der Waals surface area contributed by atoms with Crippen molar-refractivity contribution in [3.63, 3.8) is 0 Å². The molecule has 182 valence electrons. The third-order valence-electron chi connectivity index (χ3n) is 6.41. The van der Waals surface area contributed by atoms with Crippen LogP contribution in [0, 0.1) is 5.92 Å². The maximum atomic E-state index is 13.2. The first-order valence-corrected chi connectivity index (χ1v) is 13.2. The standard InChI is InChI=1S/C25H31N3O5S/c1-4-18-6-5-7-20(14-18)26-24(29)15-19-10-12-27(13-11-19)34(31,32)21-8-9-22-23(16-21)33-25(30)28(22)17(2)3/h5-9,14,16-17,19H,4,10-13,15H2,1-3H3,(H,26,29). The first-order chi connectivity index (χ1) is 16.2. The van der Waals surface area contributed by atoms with Gasteiger partial charge in [-0.2, -0.15) is 4.31 Å². The van der Waals surface area contributed by atoms with Gasteiger partial charge >= 0.3 is 5.76 Å². The number of hydrogen-bond acceptors (Lipinski definition) is 5. The molecule has 1 aliphatic heterocycles. The van der Waals surface area contributed by atoms with E-state index in [1.807, 2.05) is 38.1 Å². The molecule has 8 nitrogen and oxygen atoms in total. The number of anilines is 1. The number of hydrogen-bond donors (Lipinski definition) is 1. The van der Waals surface area contributed by atoms with Gasteiger partial charge in [0.05, 0.1) is 10.4 Å². The van der Waals surface area contributed by atoms with Crippen molar-refractivity contribution in [1.82, 2.24) is 8.87 Å². The van der Waals surface area contributed by atoms with Crippen molar-refractivity contribution in [3.8, 4) is 0 Å². The highest BCUT2D eigenvalue weighted by molar-refractivity contribution is 7.89. The predicted molar refractivity (Wildman–Crippen MR) is 131 cm³/mol. The van der Waals surface area contributed by atoms with Gasteiger partial charge in [-0.25, -0.2) is 13.2 Å². The Morgan fingerprint density at radius 3 is 2.56 bits per heavy atom. The summed E-state index contributed by atoms with van der Waals surface area (Å²) in [6.07, 6.45) is 2.49. The molecule has 0 unspecified atom stereocenters. The molecule has 2 heterocycles. The Labute approximate surface area is 199 Å². The summed E-state index contributed by atoms with van der Waals surface area (Å²) in [5.74, 6) is -0.425. The molecule has 1 aromatic heterocycles. The maximum absolute atomic E-state index is 13.2. The summed E-state index contributed by atoms with van der Waals surface area (Å²) in [6, 6.07) is 12.3. The molecule has 1 amide bonds. The molecule has 0 atom stereocenters. The van der Waals surface area contributed by atoms with Crippen molar-refractivity contribution < 1.29 is 17.6 Å². The van der Waals surface area contributed by atoms with Crippen LogP contribution in [0.25, 0.3) is 11.1 Å². The fourth-order valence-electron chi connectivity index (χ4n) is 4.51. The second kappa shape index (κ2) is 9.76. The molecule has 0 radical (unpaired) electrons. The Kier molecular flexibility index (Phi) is 6.95. The molecular formula is C25H31N3O5S. The first-order valence-electron chi connectivity index (χ1n) is 11.7. The molecule has 9 heteroatoms. The molecule has 0 saturated carbocycles. The lowest BCUT2D eigenvalue weighted by Crippen LogP contribution is -2.39. The summed E-state index contributed by atoms with van der Waals surface area (Å²) in [5, 5.41) is 2.95. The number of fused-ring (bicyclic) bond motifs is 1. The summed E-state index contributed by atoms with van der Waals surface area (Å²) < 4.78 is 34.7. The van der Waals surface area contributed by atoms with E-state index in [9.17, 15) is 18.0 Å². The number of nitrogens with zero attached hydrogens (tertiary/aromatic N) is 2. The Morgan fingerprint density at radius 2 is 1.88 bits per heavy atom. The van der Waals surface area contributed by atoms with Gasteiger partial charge in [-0.1, -0.05) is 19.1 Å². The van der Waals surface area contributed by atoms with Gasteiger partial charge in [-0.05, 0) is 68.9 Å². The van der Waals surface area contributed by atoms with Crippen molar-refractivity contribution in [2.24, 2.45) is 5.92 Å². The SMILES string of the molecule is CCc1cccc(NC(=O)CC2CCN(S(=O)(=O)c3ccc4c(c3)oc(=O)n4C(C)C)CC2)c1. The van der Waals surface area contributed by atoms with Crippen LogP contribution in [0.2, 0.25) is 0 Å². The van der Waals surface area contributed by atoms with E-state index in [4.69, 9.17) is 4.42 Å². The van der Waals surface area contributed by atoms with E-state index in [0.717, 1.165) is 17.7 Å². The minimum atomic E-state index is -3.72. The summed E-state index contributed by atoms with van der Waals surface area (Å²) >= 11 is 0. The Balaban J connectivity index is 1.39. The van der Waals surface area contributed by atoms with E-state index in [1.165, 1.54) is 21.0 Å². The number of carbonyl (C=O) groups is 1. The van der Waals surface area contributed by atoms with Crippen molar-refractivity contribution in [2.75, 3.05) is 18.4 Å². The lowest BCUT2D eigenvalue weighted by Gasteiger charge is -2.31. The summed E-state index contributed by atoms with van der Waals surface area (Å²) in [6.45, 7) is 6.50. The molecule has 0 aliphatic carbocycles. The van der Waals surface area contributed by atoms with Crippen LogP contribution in [-0.2, 0) is 21.2 Å². The fourth-order valence-corrected chi connectivity index (χ4v) is 6.00. The molecular weight excluding hydrogens is 454 g/mol. The van der Waals surface area contributed by atoms with Gasteiger partial charge in [-0.3, -0.25) is 9.36 Å². The van der Waals surface area contributed by atoms with Gasteiger partial charge < -0.3 is 9.73 Å². The second-order valence-electron chi connectivity index (χ2n) is 9.11. The number of rotatable bonds is 7. The van der Waals surface area contributed by atoms with E-state index in [1.54, 1.807) is 6.07 Å². The van der Waals surface area contributed by atoms with E-state index < -0.39 is 15.8 Å². The normalized spacial score (nSPS) is 15.8. The van der Waals surface area contributed by atoms with Crippen molar-refractivity contribution in [3.05, 3.63) is 58.6 Å². The maximum Gasteiger partial charge on any atom is 0.420 e. The van der Waals surface area contributed by atoms with E-state index in [0.29, 0.717) is 37.9 Å². The molecule has 1 saturated heterocycles. The summed E-state index contributed by atoms with van der Waals surface area (Å²) in [7, 11) is -3.72. The lowest BCUT2D eigenvalue weighted by atomic mass is 9.94. The van der Waals surface area contributed by atoms with Crippen LogP contribution in [0.3, 0.4) is 0 Å².